The van der Waals surface area contributed by atoms with E-state index in [2.05, 4.69) is 29.0 Å². The second kappa shape index (κ2) is 8.23. The minimum Gasteiger partial charge on any atom is -0.314 e. The Hall–Kier alpha value is -0.120. The summed E-state index contributed by atoms with van der Waals surface area (Å²) in [5.41, 5.74) is 0. The summed E-state index contributed by atoms with van der Waals surface area (Å²) in [5.74, 6) is 0. The average Bonchev–Trinajstić information content (AvgIpc) is 2.37. The molecule has 2 fully saturated rings. The molecule has 0 aromatic carbocycles. The first-order chi connectivity index (χ1) is 9.31. The molecule has 1 unspecified atom stereocenters. The van der Waals surface area contributed by atoms with Gasteiger partial charge in [0, 0.05) is 51.4 Å². The molecule has 3 heteroatoms. The summed E-state index contributed by atoms with van der Waals surface area (Å²) >= 11 is 0. The molecule has 1 atom stereocenters. The number of rotatable bonds is 8. The molecular formula is C16H33N3. The van der Waals surface area contributed by atoms with Crippen molar-refractivity contribution in [1.82, 2.24) is 15.1 Å². The van der Waals surface area contributed by atoms with Crippen molar-refractivity contribution in [2.24, 2.45) is 0 Å². The summed E-state index contributed by atoms with van der Waals surface area (Å²) in [5, 5.41) is 3.38. The Morgan fingerprint density at radius 2 is 1.68 bits per heavy atom. The van der Waals surface area contributed by atoms with Crippen molar-refractivity contribution in [3.8, 4) is 0 Å². The van der Waals surface area contributed by atoms with Gasteiger partial charge in [0.2, 0.25) is 0 Å². The molecule has 0 aromatic heterocycles. The van der Waals surface area contributed by atoms with Crippen molar-refractivity contribution in [1.29, 1.82) is 0 Å². The Bertz CT molecular complexity index is 232. The fourth-order valence-corrected chi connectivity index (χ4v) is 3.30. The van der Waals surface area contributed by atoms with Crippen LogP contribution in [0.5, 0.6) is 0 Å². The molecule has 112 valence electrons. The summed E-state index contributed by atoms with van der Waals surface area (Å²) in [6.45, 7) is 12.3. The van der Waals surface area contributed by atoms with Gasteiger partial charge in [-0.15, -0.1) is 0 Å². The van der Waals surface area contributed by atoms with Crippen LogP contribution in [0.1, 0.15) is 52.4 Å². The van der Waals surface area contributed by atoms with Gasteiger partial charge in [-0.2, -0.15) is 0 Å². The molecule has 2 rings (SSSR count). The number of hydrogen-bond acceptors (Lipinski definition) is 3. The van der Waals surface area contributed by atoms with Gasteiger partial charge in [-0.3, -0.25) is 9.80 Å². The van der Waals surface area contributed by atoms with Crippen molar-refractivity contribution in [3.63, 3.8) is 0 Å². The van der Waals surface area contributed by atoms with Crippen LogP contribution in [-0.4, -0.2) is 61.2 Å². The Morgan fingerprint density at radius 3 is 2.26 bits per heavy atom. The minimum atomic E-state index is 0.795. The maximum atomic E-state index is 3.38. The van der Waals surface area contributed by atoms with Crippen LogP contribution in [-0.2, 0) is 0 Å². The fourth-order valence-electron chi connectivity index (χ4n) is 3.30. The lowest BCUT2D eigenvalue weighted by Crippen LogP contribution is -2.62. The predicted molar refractivity (Wildman–Crippen MR) is 82.6 cm³/mol. The molecule has 0 saturated carbocycles. The van der Waals surface area contributed by atoms with Crippen molar-refractivity contribution < 1.29 is 0 Å². The van der Waals surface area contributed by atoms with Gasteiger partial charge in [0.25, 0.3) is 0 Å². The first-order valence-corrected chi connectivity index (χ1v) is 8.50. The molecule has 0 radical (unpaired) electrons. The highest BCUT2D eigenvalue weighted by atomic mass is 15.3. The zero-order valence-electron chi connectivity index (χ0n) is 13.0. The zero-order chi connectivity index (χ0) is 13.5. The minimum absolute atomic E-state index is 0.795. The third-order valence-electron chi connectivity index (χ3n) is 4.97. The number of nitrogens with one attached hydrogen (secondary N) is 1. The van der Waals surface area contributed by atoms with E-state index < -0.39 is 0 Å². The molecule has 19 heavy (non-hydrogen) atoms. The molecule has 0 aliphatic carbocycles. The van der Waals surface area contributed by atoms with Crippen LogP contribution in [0.4, 0.5) is 0 Å². The Kier molecular flexibility index (Phi) is 6.62. The monoisotopic (exact) mass is 267 g/mol. The highest BCUT2D eigenvalue weighted by Crippen LogP contribution is 2.15. The third-order valence-corrected chi connectivity index (χ3v) is 4.97. The number of hydrogen-bond donors (Lipinski definition) is 1. The lowest BCUT2D eigenvalue weighted by atomic mass is 10.0. The second-order valence-electron chi connectivity index (χ2n) is 6.44. The highest BCUT2D eigenvalue weighted by Gasteiger charge is 2.28. The van der Waals surface area contributed by atoms with E-state index in [1.807, 2.05) is 0 Å². The van der Waals surface area contributed by atoms with Gasteiger partial charge in [0.05, 0.1) is 0 Å². The van der Waals surface area contributed by atoms with Gasteiger partial charge in [0.15, 0.2) is 0 Å². The van der Waals surface area contributed by atoms with Gasteiger partial charge < -0.3 is 5.32 Å². The smallest absolute Gasteiger partial charge is 0.0346 e. The van der Waals surface area contributed by atoms with Gasteiger partial charge in [-0.05, 0) is 13.3 Å². The molecule has 3 nitrogen and oxygen atoms in total. The normalized spacial score (nSPS) is 24.3. The van der Waals surface area contributed by atoms with E-state index >= 15 is 0 Å². The van der Waals surface area contributed by atoms with Crippen molar-refractivity contribution in [3.05, 3.63) is 0 Å². The van der Waals surface area contributed by atoms with E-state index in [9.17, 15) is 0 Å². The molecule has 2 saturated heterocycles. The molecule has 2 aliphatic heterocycles. The summed E-state index contributed by atoms with van der Waals surface area (Å²) < 4.78 is 0. The predicted octanol–water partition coefficient (Wildman–Crippen LogP) is 2.32. The van der Waals surface area contributed by atoms with Crippen LogP contribution >= 0.6 is 0 Å². The van der Waals surface area contributed by atoms with E-state index in [-0.39, 0.29) is 0 Å². The van der Waals surface area contributed by atoms with Gasteiger partial charge in [-0.25, -0.2) is 0 Å². The maximum Gasteiger partial charge on any atom is 0.0346 e. The van der Waals surface area contributed by atoms with E-state index in [4.69, 9.17) is 0 Å². The van der Waals surface area contributed by atoms with Crippen molar-refractivity contribution in [2.45, 2.75) is 64.5 Å². The van der Waals surface area contributed by atoms with E-state index in [0.29, 0.717) is 0 Å². The van der Waals surface area contributed by atoms with Gasteiger partial charge >= 0.3 is 0 Å². The lowest BCUT2D eigenvalue weighted by Gasteiger charge is -2.44. The van der Waals surface area contributed by atoms with Crippen LogP contribution in [0.15, 0.2) is 0 Å². The van der Waals surface area contributed by atoms with E-state index in [1.54, 1.807) is 0 Å². The molecule has 0 bridgehead atoms. The van der Waals surface area contributed by atoms with E-state index in [0.717, 1.165) is 12.1 Å². The highest BCUT2D eigenvalue weighted by molar-refractivity contribution is 4.88. The first kappa shape index (κ1) is 15.3. The Morgan fingerprint density at radius 1 is 1.00 bits per heavy atom. The molecule has 2 heterocycles. The number of unbranched alkanes of at least 4 members (excludes halogenated alkanes) is 4. The van der Waals surface area contributed by atoms with Crippen LogP contribution in [0.2, 0.25) is 0 Å². The summed E-state index contributed by atoms with van der Waals surface area (Å²) in [7, 11) is 0. The topological polar surface area (TPSA) is 18.5 Å². The van der Waals surface area contributed by atoms with Crippen LogP contribution in [0.3, 0.4) is 0 Å². The van der Waals surface area contributed by atoms with E-state index in [1.165, 1.54) is 77.8 Å². The quantitative estimate of drug-likeness (QED) is 0.681. The SMILES string of the molecule is CCCCCCCC(C)N1CCN(C2CNC2)CC1. The lowest BCUT2D eigenvalue weighted by molar-refractivity contribution is 0.0530. The van der Waals surface area contributed by atoms with Crippen LogP contribution < -0.4 is 5.32 Å². The largest absolute Gasteiger partial charge is 0.314 e. The molecule has 1 N–H and O–H groups in total. The number of piperazine rings is 1. The standard InChI is InChI=1S/C16H33N3/c1-3-4-5-6-7-8-15(2)18-9-11-19(12-10-18)16-13-17-14-16/h15-17H,3-14H2,1-2H3. The van der Waals surface area contributed by atoms with Crippen molar-refractivity contribution >= 4 is 0 Å². The van der Waals surface area contributed by atoms with Crippen LogP contribution in [0.25, 0.3) is 0 Å². The Balaban J connectivity index is 1.55. The third kappa shape index (κ3) is 4.73. The molecule has 2 aliphatic rings. The van der Waals surface area contributed by atoms with Crippen LogP contribution in [0, 0.1) is 0 Å². The van der Waals surface area contributed by atoms with Gasteiger partial charge in [0.1, 0.15) is 0 Å². The second-order valence-corrected chi connectivity index (χ2v) is 6.44. The first-order valence-electron chi connectivity index (χ1n) is 8.50. The summed E-state index contributed by atoms with van der Waals surface area (Å²) in [6.07, 6.45) is 8.47. The summed E-state index contributed by atoms with van der Waals surface area (Å²) in [6, 6.07) is 1.63. The average molecular weight is 267 g/mol. The van der Waals surface area contributed by atoms with Gasteiger partial charge in [-0.1, -0.05) is 39.0 Å². The zero-order valence-corrected chi connectivity index (χ0v) is 13.0. The Labute approximate surface area is 119 Å². The molecule has 0 amide bonds. The van der Waals surface area contributed by atoms with Crippen molar-refractivity contribution in [2.75, 3.05) is 39.3 Å². The summed E-state index contributed by atoms with van der Waals surface area (Å²) in [4.78, 5) is 5.39. The number of nitrogens with zero attached hydrogens (tertiary/aromatic N) is 2. The molecule has 0 spiro atoms. The molecular weight excluding hydrogens is 234 g/mol. The molecule has 0 aromatic rings. The fraction of sp³-hybridized carbons (Fsp3) is 1.00. The maximum absolute atomic E-state index is 3.38.